The van der Waals surface area contributed by atoms with Crippen LogP contribution in [0.15, 0.2) is 30.3 Å². The molecule has 0 spiro atoms. The number of fused-ring (bicyclic) bond motifs is 1. The summed E-state index contributed by atoms with van der Waals surface area (Å²) < 4.78 is 0. The fraction of sp³-hybridized carbons (Fsp3) is 0.231. The van der Waals surface area contributed by atoms with Crippen molar-refractivity contribution in [1.82, 2.24) is 0 Å². The highest BCUT2D eigenvalue weighted by molar-refractivity contribution is 6.01. The van der Waals surface area contributed by atoms with Crippen LogP contribution in [0.1, 0.15) is 5.56 Å². The van der Waals surface area contributed by atoms with Gasteiger partial charge >= 0.3 is 0 Å². The molecule has 0 aliphatic heterocycles. The van der Waals surface area contributed by atoms with E-state index in [0.717, 1.165) is 11.1 Å². The van der Waals surface area contributed by atoms with E-state index < -0.39 is 0 Å². The Hall–Kier alpha value is -1.70. The average molecular weight is 200 g/mol. The second-order valence-electron chi connectivity index (χ2n) is 4.12. The number of hydrogen-bond donors (Lipinski definition) is 1. The van der Waals surface area contributed by atoms with Gasteiger partial charge in [0.1, 0.15) is 0 Å². The molecule has 0 amide bonds. The van der Waals surface area contributed by atoms with E-state index in [1.165, 1.54) is 16.6 Å². The number of anilines is 2. The molecular formula is C13H16N2. The lowest BCUT2D eigenvalue weighted by atomic mass is 10.0. The van der Waals surface area contributed by atoms with Crippen LogP contribution in [-0.4, -0.2) is 14.1 Å². The van der Waals surface area contributed by atoms with Crippen molar-refractivity contribution in [2.75, 3.05) is 24.7 Å². The Morgan fingerprint density at radius 2 is 1.73 bits per heavy atom. The molecule has 2 aromatic rings. The van der Waals surface area contributed by atoms with E-state index in [9.17, 15) is 0 Å². The van der Waals surface area contributed by atoms with Gasteiger partial charge in [0.15, 0.2) is 0 Å². The third-order valence-corrected chi connectivity index (χ3v) is 2.66. The van der Waals surface area contributed by atoms with Crippen LogP contribution in [0.5, 0.6) is 0 Å². The summed E-state index contributed by atoms with van der Waals surface area (Å²) >= 11 is 0. The van der Waals surface area contributed by atoms with Crippen LogP contribution in [0.25, 0.3) is 10.8 Å². The van der Waals surface area contributed by atoms with Crippen molar-refractivity contribution in [3.63, 3.8) is 0 Å². The highest BCUT2D eigenvalue weighted by atomic mass is 15.1. The van der Waals surface area contributed by atoms with Crippen LogP contribution in [-0.2, 0) is 0 Å². The van der Waals surface area contributed by atoms with Crippen LogP contribution in [0.3, 0.4) is 0 Å². The summed E-state index contributed by atoms with van der Waals surface area (Å²) in [6, 6.07) is 10.4. The van der Waals surface area contributed by atoms with Crippen molar-refractivity contribution < 1.29 is 0 Å². The maximum absolute atomic E-state index is 5.98. The summed E-state index contributed by atoms with van der Waals surface area (Å²) in [5, 5.41) is 2.35. The molecule has 0 radical (unpaired) electrons. The molecule has 0 atom stereocenters. The zero-order chi connectivity index (χ0) is 11.0. The predicted octanol–water partition coefficient (Wildman–Crippen LogP) is 2.80. The van der Waals surface area contributed by atoms with E-state index in [0.29, 0.717) is 0 Å². The number of nitrogens with two attached hydrogens (primary N) is 1. The van der Waals surface area contributed by atoms with Gasteiger partial charge in [-0.3, -0.25) is 0 Å². The van der Waals surface area contributed by atoms with Crippen molar-refractivity contribution in [3.8, 4) is 0 Å². The Morgan fingerprint density at radius 1 is 1.00 bits per heavy atom. The van der Waals surface area contributed by atoms with E-state index >= 15 is 0 Å². The molecule has 0 heterocycles. The molecule has 0 unspecified atom stereocenters. The van der Waals surface area contributed by atoms with Gasteiger partial charge in [-0.05, 0) is 25.1 Å². The number of nitrogens with zero attached hydrogens (tertiary/aromatic N) is 1. The standard InChI is InChI=1S/C13H16N2/c1-9-4-5-10-11(8-9)12(14)6-7-13(10)15(2)3/h4-8H,14H2,1-3H3. The lowest BCUT2D eigenvalue weighted by Gasteiger charge is -2.16. The summed E-state index contributed by atoms with van der Waals surface area (Å²) in [6.07, 6.45) is 0. The minimum Gasteiger partial charge on any atom is -0.398 e. The summed E-state index contributed by atoms with van der Waals surface area (Å²) in [5.74, 6) is 0. The maximum atomic E-state index is 5.98. The largest absolute Gasteiger partial charge is 0.398 e. The van der Waals surface area contributed by atoms with E-state index in [4.69, 9.17) is 5.73 Å². The van der Waals surface area contributed by atoms with Crippen molar-refractivity contribution in [2.24, 2.45) is 0 Å². The number of hydrogen-bond acceptors (Lipinski definition) is 2. The molecule has 0 bridgehead atoms. The van der Waals surface area contributed by atoms with Gasteiger partial charge in [-0.1, -0.05) is 17.7 Å². The Morgan fingerprint density at radius 3 is 2.40 bits per heavy atom. The number of benzene rings is 2. The Labute approximate surface area is 90.3 Å². The molecule has 2 nitrogen and oxygen atoms in total. The first-order valence-corrected chi connectivity index (χ1v) is 5.06. The topological polar surface area (TPSA) is 29.3 Å². The second-order valence-corrected chi connectivity index (χ2v) is 4.12. The molecule has 78 valence electrons. The van der Waals surface area contributed by atoms with Crippen molar-refractivity contribution in [2.45, 2.75) is 6.92 Å². The average Bonchev–Trinajstić information content (AvgIpc) is 2.19. The molecule has 0 saturated heterocycles. The Balaban J connectivity index is 2.82. The summed E-state index contributed by atoms with van der Waals surface area (Å²) in [7, 11) is 4.09. The molecule has 0 saturated carbocycles. The zero-order valence-corrected chi connectivity index (χ0v) is 9.41. The molecular weight excluding hydrogens is 184 g/mol. The first kappa shape index (κ1) is 9.84. The molecule has 2 heteroatoms. The van der Waals surface area contributed by atoms with E-state index in [2.05, 4.69) is 36.1 Å². The first-order valence-electron chi connectivity index (χ1n) is 5.06. The predicted molar refractivity (Wildman–Crippen MR) is 67.4 cm³/mol. The molecule has 2 rings (SSSR count). The van der Waals surface area contributed by atoms with Crippen molar-refractivity contribution in [1.29, 1.82) is 0 Å². The van der Waals surface area contributed by atoms with Crippen LogP contribution < -0.4 is 10.6 Å². The quantitative estimate of drug-likeness (QED) is 0.717. The molecule has 2 N–H and O–H groups in total. The number of nitrogen functional groups attached to an aromatic ring is 1. The van der Waals surface area contributed by atoms with E-state index in [1.54, 1.807) is 0 Å². The highest BCUT2D eigenvalue weighted by Crippen LogP contribution is 2.30. The van der Waals surface area contributed by atoms with Crippen LogP contribution in [0, 0.1) is 6.92 Å². The van der Waals surface area contributed by atoms with Gasteiger partial charge in [-0.25, -0.2) is 0 Å². The molecule has 0 aliphatic rings. The van der Waals surface area contributed by atoms with E-state index in [-0.39, 0.29) is 0 Å². The van der Waals surface area contributed by atoms with Crippen LogP contribution in [0.4, 0.5) is 11.4 Å². The minimum absolute atomic E-state index is 0.847. The third kappa shape index (κ3) is 1.63. The summed E-state index contributed by atoms with van der Waals surface area (Å²) in [4.78, 5) is 2.11. The molecule has 15 heavy (non-hydrogen) atoms. The van der Waals surface area contributed by atoms with Gasteiger partial charge in [-0.15, -0.1) is 0 Å². The molecule has 0 aliphatic carbocycles. The normalized spacial score (nSPS) is 10.6. The molecule has 2 aromatic carbocycles. The fourth-order valence-electron chi connectivity index (χ4n) is 1.86. The fourth-order valence-corrected chi connectivity index (χ4v) is 1.86. The van der Waals surface area contributed by atoms with Gasteiger partial charge in [0.05, 0.1) is 0 Å². The maximum Gasteiger partial charge on any atom is 0.0442 e. The SMILES string of the molecule is Cc1ccc2c(N(C)C)ccc(N)c2c1. The number of rotatable bonds is 1. The second kappa shape index (κ2) is 3.46. The van der Waals surface area contributed by atoms with Crippen LogP contribution >= 0.6 is 0 Å². The summed E-state index contributed by atoms with van der Waals surface area (Å²) in [5.41, 5.74) is 9.27. The smallest absolute Gasteiger partial charge is 0.0442 e. The Bertz CT molecular complexity index is 501. The molecule has 0 aromatic heterocycles. The lowest BCUT2D eigenvalue weighted by Crippen LogP contribution is -2.09. The van der Waals surface area contributed by atoms with Gasteiger partial charge < -0.3 is 10.6 Å². The highest BCUT2D eigenvalue weighted by Gasteiger charge is 2.05. The van der Waals surface area contributed by atoms with Gasteiger partial charge in [-0.2, -0.15) is 0 Å². The first-order chi connectivity index (χ1) is 7.09. The minimum atomic E-state index is 0.847. The van der Waals surface area contributed by atoms with Crippen molar-refractivity contribution in [3.05, 3.63) is 35.9 Å². The Kier molecular flexibility index (Phi) is 2.27. The summed E-state index contributed by atoms with van der Waals surface area (Å²) in [6.45, 7) is 2.08. The van der Waals surface area contributed by atoms with Gasteiger partial charge in [0, 0.05) is 36.2 Å². The van der Waals surface area contributed by atoms with Gasteiger partial charge in [0.25, 0.3) is 0 Å². The number of aryl methyl sites for hydroxylation is 1. The van der Waals surface area contributed by atoms with Crippen LogP contribution in [0.2, 0.25) is 0 Å². The van der Waals surface area contributed by atoms with Gasteiger partial charge in [0.2, 0.25) is 0 Å². The zero-order valence-electron chi connectivity index (χ0n) is 9.41. The van der Waals surface area contributed by atoms with E-state index in [1.807, 2.05) is 20.2 Å². The molecule has 0 fully saturated rings. The monoisotopic (exact) mass is 200 g/mol. The lowest BCUT2D eigenvalue weighted by molar-refractivity contribution is 1.14. The third-order valence-electron chi connectivity index (χ3n) is 2.66. The van der Waals surface area contributed by atoms with Crippen molar-refractivity contribution >= 4 is 22.1 Å².